The van der Waals surface area contributed by atoms with Gasteiger partial charge in [-0.3, -0.25) is 0 Å². The molecule has 0 bridgehead atoms. The molecular formula is C7H10F3. The average molecular weight is 151 g/mol. The predicted molar refractivity (Wildman–Crippen MR) is 32.3 cm³/mol. The lowest BCUT2D eigenvalue weighted by Crippen LogP contribution is -2.32. The highest BCUT2D eigenvalue weighted by molar-refractivity contribution is 4.92. The van der Waals surface area contributed by atoms with Crippen LogP contribution >= 0.6 is 0 Å². The first kappa shape index (κ1) is 7.89. The molecule has 0 heterocycles. The molecule has 1 radical (unpaired) electrons. The summed E-state index contributed by atoms with van der Waals surface area (Å²) in [6, 6.07) is 0. The lowest BCUT2D eigenvalue weighted by molar-refractivity contribution is -0.204. The molecule has 0 nitrogen and oxygen atoms in total. The highest BCUT2D eigenvalue weighted by atomic mass is 19.4. The Labute approximate surface area is 58.4 Å². The van der Waals surface area contributed by atoms with Gasteiger partial charge in [-0.1, -0.05) is 12.8 Å². The smallest absolute Gasteiger partial charge is 0.171 e. The normalized spacial score (nSPS) is 25.2. The number of halogens is 3. The standard InChI is InChI=1S/C7H10F3/c1-6(7(8,9)10)4-2-3-5-6/h1-5H2. The molecule has 0 N–H and O–H groups in total. The lowest BCUT2D eigenvalue weighted by Gasteiger charge is -2.26. The van der Waals surface area contributed by atoms with Crippen molar-refractivity contribution in [2.45, 2.75) is 31.9 Å². The SMILES string of the molecule is [CH2]C1(C(F)(F)F)CCCC1. The Morgan fingerprint density at radius 1 is 1.10 bits per heavy atom. The van der Waals surface area contributed by atoms with E-state index in [1.807, 2.05) is 0 Å². The fraction of sp³-hybridized carbons (Fsp3) is 0.857. The van der Waals surface area contributed by atoms with Gasteiger partial charge in [-0.2, -0.15) is 13.2 Å². The summed E-state index contributed by atoms with van der Waals surface area (Å²) in [5, 5.41) is 0. The van der Waals surface area contributed by atoms with E-state index in [1.165, 1.54) is 0 Å². The average Bonchev–Trinajstić information content (AvgIpc) is 2.13. The van der Waals surface area contributed by atoms with Gasteiger partial charge in [0.2, 0.25) is 0 Å². The second kappa shape index (κ2) is 2.14. The summed E-state index contributed by atoms with van der Waals surface area (Å²) < 4.78 is 36.2. The van der Waals surface area contributed by atoms with Crippen molar-refractivity contribution in [1.29, 1.82) is 0 Å². The quantitative estimate of drug-likeness (QED) is 0.499. The molecule has 0 spiro atoms. The maximum absolute atomic E-state index is 12.1. The van der Waals surface area contributed by atoms with E-state index in [2.05, 4.69) is 6.92 Å². The Morgan fingerprint density at radius 2 is 1.50 bits per heavy atom. The molecule has 0 aromatic rings. The fourth-order valence-electron chi connectivity index (χ4n) is 1.34. The van der Waals surface area contributed by atoms with Crippen LogP contribution < -0.4 is 0 Å². The Balaban J connectivity index is 2.67. The van der Waals surface area contributed by atoms with Gasteiger partial charge in [-0.25, -0.2) is 0 Å². The van der Waals surface area contributed by atoms with Crippen LogP contribution in [0.2, 0.25) is 0 Å². The van der Waals surface area contributed by atoms with Crippen molar-refractivity contribution in [3.63, 3.8) is 0 Å². The molecule has 1 fully saturated rings. The second-order valence-electron chi connectivity index (χ2n) is 2.99. The van der Waals surface area contributed by atoms with Crippen LogP contribution in [0, 0.1) is 12.3 Å². The molecule has 0 amide bonds. The fourth-order valence-corrected chi connectivity index (χ4v) is 1.34. The second-order valence-corrected chi connectivity index (χ2v) is 2.99. The molecule has 0 saturated heterocycles. The van der Waals surface area contributed by atoms with Crippen molar-refractivity contribution in [2.24, 2.45) is 5.41 Å². The summed E-state index contributed by atoms with van der Waals surface area (Å²) in [5.41, 5.74) is -1.62. The van der Waals surface area contributed by atoms with Crippen LogP contribution in [-0.2, 0) is 0 Å². The van der Waals surface area contributed by atoms with Gasteiger partial charge in [0.1, 0.15) is 0 Å². The zero-order chi connectivity index (χ0) is 7.83. The third-order valence-electron chi connectivity index (χ3n) is 2.16. The third-order valence-corrected chi connectivity index (χ3v) is 2.16. The molecule has 3 heteroatoms. The van der Waals surface area contributed by atoms with Gasteiger partial charge in [0, 0.05) is 0 Å². The summed E-state index contributed by atoms with van der Waals surface area (Å²) >= 11 is 0. The molecule has 1 aliphatic rings. The highest BCUT2D eigenvalue weighted by Gasteiger charge is 2.51. The van der Waals surface area contributed by atoms with E-state index in [0.717, 1.165) is 0 Å². The van der Waals surface area contributed by atoms with Crippen molar-refractivity contribution in [3.05, 3.63) is 6.92 Å². The van der Waals surface area contributed by atoms with Gasteiger partial charge in [-0.05, 0) is 19.8 Å². The molecule has 0 aliphatic heterocycles. The lowest BCUT2D eigenvalue weighted by atomic mass is 9.88. The van der Waals surface area contributed by atoms with Crippen molar-refractivity contribution in [2.75, 3.05) is 0 Å². The highest BCUT2D eigenvalue weighted by Crippen LogP contribution is 2.49. The molecule has 0 unspecified atom stereocenters. The monoisotopic (exact) mass is 151 g/mol. The van der Waals surface area contributed by atoms with E-state index in [9.17, 15) is 13.2 Å². The van der Waals surface area contributed by atoms with E-state index in [4.69, 9.17) is 0 Å². The van der Waals surface area contributed by atoms with Gasteiger partial charge in [0.05, 0.1) is 5.41 Å². The molecule has 1 rings (SSSR count). The number of alkyl halides is 3. The van der Waals surface area contributed by atoms with Gasteiger partial charge >= 0.3 is 6.18 Å². The molecule has 59 valence electrons. The first-order valence-electron chi connectivity index (χ1n) is 3.38. The zero-order valence-corrected chi connectivity index (χ0v) is 5.67. The molecule has 0 aromatic carbocycles. The molecule has 10 heavy (non-hydrogen) atoms. The van der Waals surface area contributed by atoms with Crippen LogP contribution in [0.3, 0.4) is 0 Å². The van der Waals surface area contributed by atoms with E-state index < -0.39 is 11.6 Å². The van der Waals surface area contributed by atoms with E-state index >= 15 is 0 Å². The minimum atomic E-state index is -4.09. The topological polar surface area (TPSA) is 0 Å². The summed E-state index contributed by atoms with van der Waals surface area (Å²) in [4.78, 5) is 0. The van der Waals surface area contributed by atoms with Gasteiger partial charge < -0.3 is 0 Å². The van der Waals surface area contributed by atoms with E-state index in [0.29, 0.717) is 12.8 Å². The number of hydrogen-bond acceptors (Lipinski definition) is 0. The predicted octanol–water partition coefficient (Wildman–Crippen LogP) is 2.94. The van der Waals surface area contributed by atoms with Crippen molar-refractivity contribution in [3.8, 4) is 0 Å². The molecule has 0 aromatic heterocycles. The minimum absolute atomic E-state index is 0.205. The van der Waals surface area contributed by atoms with Crippen LogP contribution in [-0.4, -0.2) is 6.18 Å². The third kappa shape index (κ3) is 1.13. The first-order valence-corrected chi connectivity index (χ1v) is 3.38. The number of hydrogen-bond donors (Lipinski definition) is 0. The summed E-state index contributed by atoms with van der Waals surface area (Å²) in [7, 11) is 0. The molecule has 1 aliphatic carbocycles. The van der Waals surface area contributed by atoms with Crippen LogP contribution in [0.15, 0.2) is 0 Å². The molecular weight excluding hydrogens is 141 g/mol. The van der Waals surface area contributed by atoms with Crippen LogP contribution in [0.25, 0.3) is 0 Å². The Bertz CT molecular complexity index is 119. The maximum Gasteiger partial charge on any atom is 0.394 e. The zero-order valence-electron chi connectivity index (χ0n) is 5.67. The molecule has 1 saturated carbocycles. The summed E-state index contributed by atoms with van der Waals surface area (Å²) in [5.74, 6) is 0. The van der Waals surface area contributed by atoms with Gasteiger partial charge in [-0.15, -0.1) is 0 Å². The summed E-state index contributed by atoms with van der Waals surface area (Å²) in [6.07, 6.45) is -2.34. The Morgan fingerprint density at radius 3 is 1.70 bits per heavy atom. The van der Waals surface area contributed by atoms with E-state index in [1.54, 1.807) is 0 Å². The largest absolute Gasteiger partial charge is 0.394 e. The van der Waals surface area contributed by atoms with Gasteiger partial charge in [0.15, 0.2) is 0 Å². The maximum atomic E-state index is 12.1. The van der Waals surface area contributed by atoms with Crippen LogP contribution in [0.5, 0.6) is 0 Å². The van der Waals surface area contributed by atoms with E-state index in [-0.39, 0.29) is 12.8 Å². The Hall–Kier alpha value is -0.210. The molecule has 0 atom stereocenters. The number of rotatable bonds is 0. The Kier molecular flexibility index (Phi) is 1.69. The van der Waals surface area contributed by atoms with Gasteiger partial charge in [0.25, 0.3) is 0 Å². The van der Waals surface area contributed by atoms with Crippen LogP contribution in [0.1, 0.15) is 25.7 Å². The van der Waals surface area contributed by atoms with Crippen molar-refractivity contribution in [1.82, 2.24) is 0 Å². The van der Waals surface area contributed by atoms with Crippen LogP contribution in [0.4, 0.5) is 13.2 Å². The van der Waals surface area contributed by atoms with Crippen molar-refractivity contribution >= 4 is 0 Å². The minimum Gasteiger partial charge on any atom is -0.171 e. The summed E-state index contributed by atoms with van der Waals surface area (Å²) in [6.45, 7) is 3.22. The van der Waals surface area contributed by atoms with Crippen molar-refractivity contribution < 1.29 is 13.2 Å². The first-order chi connectivity index (χ1) is 4.46.